The fraction of sp³-hybridized carbons (Fsp3) is 0.348. The normalized spacial score (nSPS) is 19.2. The third kappa shape index (κ3) is 5.60. The molecule has 2 amide bonds. The van der Waals surface area contributed by atoms with Gasteiger partial charge in [-0.05, 0) is 18.2 Å². The van der Waals surface area contributed by atoms with Gasteiger partial charge in [-0.25, -0.2) is 10.4 Å². The third-order valence-electron chi connectivity index (χ3n) is 5.64. The predicted octanol–water partition coefficient (Wildman–Crippen LogP) is 2.86. The molecule has 3 N–H and O–H groups in total. The number of carbonyl (C=O) groups is 2. The number of halogens is 3. The van der Waals surface area contributed by atoms with Gasteiger partial charge in [-0.15, -0.1) is 0 Å². The van der Waals surface area contributed by atoms with Crippen LogP contribution in [0.3, 0.4) is 0 Å². The van der Waals surface area contributed by atoms with E-state index in [0.29, 0.717) is 22.9 Å². The standard InChI is InChI=1S/C23H24F3N5O5S/c1-34-16-8-13(9-17(35-2)19(16)36-3)28-18(32)11-37-22-29-20-15(10-27-30-20)21(33)31(22)14-6-4-5-12(7-14)23(24,25)26/h4-9,15,20,27,30H,10-11H2,1-3H3,(H,28,32). The number of hydrazine groups is 1. The van der Waals surface area contributed by atoms with E-state index < -0.39 is 35.6 Å². The van der Waals surface area contributed by atoms with E-state index in [1.807, 2.05) is 0 Å². The van der Waals surface area contributed by atoms with Crippen LogP contribution >= 0.6 is 11.8 Å². The molecule has 14 heteroatoms. The lowest BCUT2D eigenvalue weighted by Gasteiger charge is -2.32. The van der Waals surface area contributed by atoms with Gasteiger partial charge in [0.25, 0.3) is 0 Å². The molecule has 4 rings (SSSR count). The second-order valence-electron chi connectivity index (χ2n) is 7.96. The van der Waals surface area contributed by atoms with Crippen LogP contribution in [-0.4, -0.2) is 56.8 Å². The smallest absolute Gasteiger partial charge is 0.416 e. The number of benzene rings is 2. The Morgan fingerprint density at radius 3 is 2.49 bits per heavy atom. The maximum atomic E-state index is 13.3. The second kappa shape index (κ2) is 10.9. The monoisotopic (exact) mass is 539 g/mol. The van der Waals surface area contributed by atoms with E-state index in [1.54, 1.807) is 12.1 Å². The minimum atomic E-state index is -4.58. The maximum Gasteiger partial charge on any atom is 0.416 e. The summed E-state index contributed by atoms with van der Waals surface area (Å²) in [5.41, 5.74) is 5.21. The minimum absolute atomic E-state index is 0.0152. The molecule has 2 aliphatic rings. The quantitative estimate of drug-likeness (QED) is 0.493. The first kappa shape index (κ1) is 26.6. The average Bonchev–Trinajstić information content (AvgIpc) is 3.35. The third-order valence-corrected chi connectivity index (χ3v) is 6.60. The highest BCUT2D eigenvalue weighted by atomic mass is 32.2. The number of nitrogens with zero attached hydrogens (tertiary/aromatic N) is 2. The summed E-state index contributed by atoms with van der Waals surface area (Å²) in [5.74, 6) is -0.615. The first-order valence-corrected chi connectivity index (χ1v) is 11.9. The minimum Gasteiger partial charge on any atom is -0.493 e. The van der Waals surface area contributed by atoms with Crippen molar-refractivity contribution in [1.29, 1.82) is 0 Å². The summed E-state index contributed by atoms with van der Waals surface area (Å²) < 4.78 is 55.8. The summed E-state index contributed by atoms with van der Waals surface area (Å²) in [6.45, 7) is 0.266. The summed E-state index contributed by atoms with van der Waals surface area (Å²) in [6, 6.07) is 7.55. The SMILES string of the molecule is COc1cc(NC(=O)CSC2=NC3NNCC3C(=O)N2c2cccc(C(F)(F)F)c2)cc(OC)c1OC. The summed E-state index contributed by atoms with van der Waals surface area (Å²) in [4.78, 5) is 31.6. The first-order chi connectivity index (χ1) is 17.7. The van der Waals surface area contributed by atoms with Crippen LogP contribution in [-0.2, 0) is 15.8 Å². The molecule has 2 unspecified atom stereocenters. The molecule has 2 heterocycles. The fourth-order valence-electron chi connectivity index (χ4n) is 3.91. The molecule has 2 aromatic carbocycles. The lowest BCUT2D eigenvalue weighted by molar-refractivity contribution is -0.137. The number of nitrogens with one attached hydrogen (secondary N) is 3. The van der Waals surface area contributed by atoms with Crippen LogP contribution in [0.1, 0.15) is 5.56 Å². The van der Waals surface area contributed by atoms with Gasteiger partial charge in [-0.3, -0.25) is 19.9 Å². The topological polar surface area (TPSA) is 114 Å². The van der Waals surface area contributed by atoms with Crippen molar-refractivity contribution in [3.05, 3.63) is 42.0 Å². The van der Waals surface area contributed by atoms with E-state index in [-0.39, 0.29) is 23.2 Å². The molecule has 0 bridgehead atoms. The molecule has 198 valence electrons. The van der Waals surface area contributed by atoms with Gasteiger partial charge in [0, 0.05) is 24.4 Å². The van der Waals surface area contributed by atoms with Gasteiger partial charge in [-0.2, -0.15) is 13.2 Å². The van der Waals surface area contributed by atoms with Crippen molar-refractivity contribution in [2.24, 2.45) is 10.9 Å². The molecule has 0 radical (unpaired) electrons. The molecule has 0 aromatic heterocycles. The number of aliphatic imine (C=N–C) groups is 1. The molecule has 0 aliphatic carbocycles. The molecule has 0 saturated carbocycles. The largest absolute Gasteiger partial charge is 0.493 e. The van der Waals surface area contributed by atoms with Crippen LogP contribution in [0, 0.1) is 5.92 Å². The lowest BCUT2D eigenvalue weighted by Crippen LogP contribution is -2.49. The number of ether oxygens (including phenoxy) is 3. The number of carbonyl (C=O) groups excluding carboxylic acids is 2. The molecule has 37 heavy (non-hydrogen) atoms. The number of alkyl halides is 3. The highest BCUT2D eigenvalue weighted by Gasteiger charge is 2.43. The number of hydrogen-bond acceptors (Lipinski definition) is 9. The summed E-state index contributed by atoms with van der Waals surface area (Å²) in [5, 5.41) is 2.81. The van der Waals surface area contributed by atoms with Gasteiger partial charge in [0.05, 0.1) is 44.3 Å². The second-order valence-corrected chi connectivity index (χ2v) is 8.90. The van der Waals surface area contributed by atoms with E-state index >= 15 is 0 Å². The number of amides is 2. The Balaban J connectivity index is 1.55. The number of amidine groups is 1. The van der Waals surface area contributed by atoms with Gasteiger partial charge < -0.3 is 19.5 Å². The molecule has 2 aliphatic heterocycles. The Kier molecular flexibility index (Phi) is 7.80. The highest BCUT2D eigenvalue weighted by molar-refractivity contribution is 8.14. The summed E-state index contributed by atoms with van der Waals surface area (Å²) in [7, 11) is 4.34. The molecule has 2 atom stereocenters. The number of rotatable bonds is 7. The number of thioether (sulfide) groups is 1. The van der Waals surface area contributed by atoms with E-state index in [9.17, 15) is 22.8 Å². The van der Waals surface area contributed by atoms with E-state index in [4.69, 9.17) is 14.2 Å². The van der Waals surface area contributed by atoms with Crippen molar-refractivity contribution in [3.63, 3.8) is 0 Å². The molecular weight excluding hydrogens is 515 g/mol. The molecular formula is C23H24F3N5O5S. The number of hydrogen-bond donors (Lipinski definition) is 3. The number of methoxy groups -OCH3 is 3. The first-order valence-electron chi connectivity index (χ1n) is 11.0. The zero-order valence-corrected chi connectivity index (χ0v) is 20.8. The fourth-order valence-corrected chi connectivity index (χ4v) is 4.75. The molecule has 0 spiro atoms. The van der Waals surface area contributed by atoms with Crippen LogP contribution in [0.25, 0.3) is 0 Å². The predicted molar refractivity (Wildman–Crippen MR) is 132 cm³/mol. The van der Waals surface area contributed by atoms with Crippen molar-refractivity contribution < 1.29 is 37.0 Å². The van der Waals surface area contributed by atoms with E-state index in [0.717, 1.165) is 28.8 Å². The number of fused-ring (bicyclic) bond motifs is 1. The van der Waals surface area contributed by atoms with Crippen molar-refractivity contribution in [3.8, 4) is 17.2 Å². The molecule has 1 saturated heterocycles. The summed E-state index contributed by atoms with van der Waals surface area (Å²) in [6.07, 6.45) is -5.19. The van der Waals surface area contributed by atoms with Gasteiger partial charge in [-0.1, -0.05) is 17.8 Å². The highest BCUT2D eigenvalue weighted by Crippen LogP contribution is 2.40. The zero-order valence-electron chi connectivity index (χ0n) is 20.0. The van der Waals surface area contributed by atoms with Crippen molar-refractivity contribution in [2.45, 2.75) is 12.3 Å². The van der Waals surface area contributed by atoms with E-state index in [2.05, 4.69) is 21.2 Å². The van der Waals surface area contributed by atoms with Crippen molar-refractivity contribution in [1.82, 2.24) is 10.9 Å². The Bertz CT molecular complexity index is 1200. The van der Waals surface area contributed by atoms with Gasteiger partial charge in [0.1, 0.15) is 6.17 Å². The van der Waals surface area contributed by atoms with Gasteiger partial charge >= 0.3 is 6.18 Å². The molecule has 10 nitrogen and oxygen atoms in total. The maximum absolute atomic E-state index is 13.3. The number of anilines is 2. The van der Waals surface area contributed by atoms with Gasteiger partial charge in [0.15, 0.2) is 16.7 Å². The Labute approximate surface area is 214 Å². The van der Waals surface area contributed by atoms with E-state index in [1.165, 1.54) is 33.5 Å². The van der Waals surface area contributed by atoms with Crippen LogP contribution in [0.2, 0.25) is 0 Å². The zero-order chi connectivity index (χ0) is 26.7. The van der Waals surface area contributed by atoms with Gasteiger partial charge in [0.2, 0.25) is 17.6 Å². The lowest BCUT2D eigenvalue weighted by atomic mass is 10.0. The van der Waals surface area contributed by atoms with Crippen LogP contribution in [0.15, 0.2) is 41.4 Å². The van der Waals surface area contributed by atoms with Crippen molar-refractivity contribution >= 4 is 40.1 Å². The van der Waals surface area contributed by atoms with Crippen molar-refractivity contribution in [2.75, 3.05) is 43.8 Å². The van der Waals surface area contributed by atoms with Crippen LogP contribution in [0.5, 0.6) is 17.2 Å². The Morgan fingerprint density at radius 2 is 1.86 bits per heavy atom. The Hall–Kier alpha value is -3.49. The molecule has 1 fully saturated rings. The summed E-state index contributed by atoms with van der Waals surface area (Å²) >= 11 is 0.928. The van der Waals surface area contributed by atoms with Crippen LogP contribution in [0.4, 0.5) is 24.5 Å². The molecule has 2 aromatic rings. The van der Waals surface area contributed by atoms with Crippen LogP contribution < -0.4 is 35.3 Å². The average molecular weight is 540 g/mol. The Morgan fingerprint density at radius 1 is 1.16 bits per heavy atom.